The van der Waals surface area contributed by atoms with Crippen LogP contribution in [0.5, 0.6) is 0 Å². The number of nitrogens with zero attached hydrogens (tertiary/aromatic N) is 1. The van der Waals surface area contributed by atoms with Crippen LogP contribution in [-0.4, -0.2) is 4.98 Å². The van der Waals surface area contributed by atoms with Gasteiger partial charge in [-0.2, -0.15) is 0 Å². The minimum atomic E-state index is 0.989. The Labute approximate surface area is 126 Å². The van der Waals surface area contributed by atoms with Crippen LogP contribution < -0.4 is 10.6 Å². The van der Waals surface area contributed by atoms with Crippen LogP contribution in [0.4, 0.5) is 0 Å². The van der Waals surface area contributed by atoms with Crippen LogP contribution in [0.15, 0.2) is 36.5 Å². The van der Waals surface area contributed by atoms with E-state index in [0.29, 0.717) is 0 Å². The van der Waals surface area contributed by atoms with Crippen molar-refractivity contribution in [3.63, 3.8) is 0 Å². The van der Waals surface area contributed by atoms with Crippen LogP contribution in [0.1, 0.15) is 43.4 Å². The van der Waals surface area contributed by atoms with Gasteiger partial charge in [0.2, 0.25) is 0 Å². The lowest BCUT2D eigenvalue weighted by molar-refractivity contribution is 0.992. The van der Waals surface area contributed by atoms with Crippen LogP contribution in [0.25, 0.3) is 11.1 Å². The number of benzene rings is 1. The van der Waals surface area contributed by atoms with Gasteiger partial charge in [0.15, 0.2) is 0 Å². The van der Waals surface area contributed by atoms with Crippen LogP contribution >= 0.6 is 0 Å². The molecule has 0 radical (unpaired) electrons. The Morgan fingerprint density at radius 1 is 0.857 bits per heavy atom. The Morgan fingerprint density at radius 3 is 2.29 bits per heavy atom. The molecule has 1 aromatic heterocycles. The zero-order valence-corrected chi connectivity index (χ0v) is 12.8. The average molecular weight is 273 g/mol. The molecule has 1 nitrogen and oxygen atoms in total. The normalized spacial score (nSPS) is 13.5. The van der Waals surface area contributed by atoms with Crippen LogP contribution in [0, 0.1) is 18.8 Å². The Kier molecular flexibility index (Phi) is 3.62. The highest BCUT2D eigenvalue weighted by Crippen LogP contribution is 2.12. The van der Waals surface area contributed by atoms with Crippen LogP contribution in [-0.2, 0) is 0 Å². The van der Waals surface area contributed by atoms with E-state index >= 15 is 0 Å². The van der Waals surface area contributed by atoms with Crippen molar-refractivity contribution < 1.29 is 0 Å². The molecule has 0 fully saturated rings. The first-order chi connectivity index (χ1) is 10.1. The van der Waals surface area contributed by atoms with E-state index in [2.05, 4.69) is 67.9 Å². The molecule has 1 heterocycles. The van der Waals surface area contributed by atoms with E-state index in [0.717, 1.165) is 29.3 Å². The molecule has 0 unspecified atom stereocenters. The fraction of sp³-hybridized carbons (Fsp3) is 0.250. The van der Waals surface area contributed by atoms with Crippen molar-refractivity contribution >= 4 is 11.1 Å². The molecule has 0 N–H and O–H groups in total. The third kappa shape index (κ3) is 2.90. The average Bonchev–Trinajstić information content (AvgIpc) is 2.50. The van der Waals surface area contributed by atoms with Crippen LogP contribution in [0.3, 0.4) is 0 Å². The van der Waals surface area contributed by atoms with Crippen LogP contribution in [0.2, 0.25) is 0 Å². The van der Waals surface area contributed by atoms with Crippen molar-refractivity contribution in [3.05, 3.63) is 63.8 Å². The molecular weight excluding hydrogens is 254 g/mol. The first-order valence-electron chi connectivity index (χ1n) is 7.38. The maximum Gasteiger partial charge on any atom is 0.0691 e. The van der Waals surface area contributed by atoms with Gasteiger partial charge in [-0.3, -0.25) is 4.98 Å². The van der Waals surface area contributed by atoms with Gasteiger partial charge in [0.05, 0.1) is 5.35 Å². The molecule has 0 atom stereocenters. The number of fused-ring (bicyclic) bond motifs is 1. The van der Waals surface area contributed by atoms with Crippen molar-refractivity contribution in [3.8, 4) is 11.8 Å². The summed E-state index contributed by atoms with van der Waals surface area (Å²) in [6, 6.07) is 10.5. The minimum absolute atomic E-state index is 0.989. The highest BCUT2D eigenvalue weighted by atomic mass is 14.6. The van der Waals surface area contributed by atoms with Gasteiger partial charge in [-0.05, 0) is 57.4 Å². The number of hydrogen-bond acceptors (Lipinski definition) is 1. The molecule has 1 aliphatic carbocycles. The Bertz CT molecular complexity index is 859. The fourth-order valence-electron chi connectivity index (χ4n) is 2.61. The largest absolute Gasteiger partial charge is 0.255 e. The van der Waals surface area contributed by atoms with Gasteiger partial charge in [-0.15, -0.1) is 0 Å². The summed E-state index contributed by atoms with van der Waals surface area (Å²) in [5.74, 6) is 6.45. The lowest BCUT2D eigenvalue weighted by Crippen LogP contribution is -2.34. The first-order valence-corrected chi connectivity index (χ1v) is 7.38. The predicted octanol–water partition coefficient (Wildman–Crippen LogP) is 2.92. The zero-order valence-electron chi connectivity index (χ0n) is 12.8. The minimum Gasteiger partial charge on any atom is -0.255 e. The maximum atomic E-state index is 4.62. The number of aromatic nitrogens is 1. The smallest absolute Gasteiger partial charge is 0.0691 e. The summed E-state index contributed by atoms with van der Waals surface area (Å²) in [6.45, 7) is 6.46. The molecular formula is C20H19N. The Morgan fingerprint density at radius 2 is 1.52 bits per heavy atom. The standard InChI is InChI=1S/C20H19N/c1-14-4-8-17(9-5-14)10-11-18-12-19-15(2)6-7-16(3)20(19)21-13-18/h4-5,8-9,12-13H,6-7H2,1-3H3. The van der Waals surface area contributed by atoms with E-state index in [4.69, 9.17) is 0 Å². The van der Waals surface area contributed by atoms with Crippen molar-refractivity contribution in [2.24, 2.45) is 0 Å². The van der Waals surface area contributed by atoms with Crippen molar-refractivity contribution in [1.82, 2.24) is 4.98 Å². The van der Waals surface area contributed by atoms with Crippen molar-refractivity contribution in [2.45, 2.75) is 33.6 Å². The Hall–Kier alpha value is -2.33. The second kappa shape index (κ2) is 5.58. The zero-order chi connectivity index (χ0) is 14.8. The van der Waals surface area contributed by atoms with E-state index in [1.54, 1.807) is 0 Å². The molecule has 3 rings (SSSR count). The molecule has 1 aliphatic rings. The molecule has 104 valence electrons. The number of aryl methyl sites for hydroxylation is 1. The summed E-state index contributed by atoms with van der Waals surface area (Å²) >= 11 is 0. The molecule has 0 aliphatic heterocycles. The van der Waals surface area contributed by atoms with E-state index in [-0.39, 0.29) is 0 Å². The summed E-state index contributed by atoms with van der Waals surface area (Å²) in [4.78, 5) is 4.62. The molecule has 0 saturated heterocycles. The second-order valence-electron chi connectivity index (χ2n) is 5.80. The quantitative estimate of drug-likeness (QED) is 0.673. The highest BCUT2D eigenvalue weighted by molar-refractivity contribution is 5.55. The second-order valence-corrected chi connectivity index (χ2v) is 5.80. The topological polar surface area (TPSA) is 12.9 Å². The van der Waals surface area contributed by atoms with Gasteiger partial charge in [0.25, 0.3) is 0 Å². The monoisotopic (exact) mass is 273 g/mol. The highest BCUT2D eigenvalue weighted by Gasteiger charge is 2.06. The van der Waals surface area contributed by atoms with E-state index in [1.807, 2.05) is 6.20 Å². The summed E-state index contributed by atoms with van der Waals surface area (Å²) < 4.78 is 0. The molecule has 0 spiro atoms. The fourth-order valence-corrected chi connectivity index (χ4v) is 2.61. The molecule has 0 amide bonds. The Balaban J connectivity index is 2.04. The summed E-state index contributed by atoms with van der Waals surface area (Å²) in [6.07, 6.45) is 4.15. The van der Waals surface area contributed by atoms with E-state index in [9.17, 15) is 0 Å². The van der Waals surface area contributed by atoms with Crippen molar-refractivity contribution in [2.75, 3.05) is 0 Å². The lowest BCUT2D eigenvalue weighted by atomic mass is 9.97. The maximum absolute atomic E-state index is 4.62. The first kappa shape index (κ1) is 13.6. The number of pyridine rings is 1. The van der Waals surface area contributed by atoms with Gasteiger partial charge in [0, 0.05) is 22.5 Å². The third-order valence-electron chi connectivity index (χ3n) is 4.03. The number of hydrogen-bond donors (Lipinski definition) is 0. The third-order valence-corrected chi connectivity index (χ3v) is 4.03. The van der Waals surface area contributed by atoms with Gasteiger partial charge in [-0.1, -0.05) is 35.1 Å². The van der Waals surface area contributed by atoms with Gasteiger partial charge >= 0.3 is 0 Å². The molecule has 0 saturated carbocycles. The lowest BCUT2D eigenvalue weighted by Gasteiger charge is -2.10. The number of rotatable bonds is 0. The summed E-state index contributed by atoms with van der Waals surface area (Å²) in [5, 5.41) is 2.43. The molecule has 21 heavy (non-hydrogen) atoms. The molecule has 2 aromatic rings. The predicted molar refractivity (Wildman–Crippen MR) is 88.0 cm³/mol. The van der Waals surface area contributed by atoms with Gasteiger partial charge in [0.1, 0.15) is 0 Å². The van der Waals surface area contributed by atoms with E-state index in [1.165, 1.54) is 21.9 Å². The van der Waals surface area contributed by atoms with Gasteiger partial charge in [-0.25, -0.2) is 0 Å². The molecule has 1 aromatic carbocycles. The molecule has 0 bridgehead atoms. The van der Waals surface area contributed by atoms with Crippen molar-refractivity contribution in [1.29, 1.82) is 0 Å². The SMILES string of the molecule is CC1=c2cc(C#Cc3ccc(C)cc3)cnc2=C(C)CC1. The van der Waals surface area contributed by atoms with E-state index < -0.39 is 0 Å². The molecule has 1 heteroatoms. The summed E-state index contributed by atoms with van der Waals surface area (Å²) in [7, 11) is 0. The summed E-state index contributed by atoms with van der Waals surface area (Å²) in [5.41, 5.74) is 6.09. The van der Waals surface area contributed by atoms with Gasteiger partial charge < -0.3 is 0 Å².